The summed E-state index contributed by atoms with van der Waals surface area (Å²) in [7, 11) is 1.88. The molecule has 7 heteroatoms. The fourth-order valence-electron chi connectivity index (χ4n) is 4.03. The number of para-hydroxylation sites is 1. The van der Waals surface area contributed by atoms with Gasteiger partial charge in [0.25, 0.3) is 0 Å². The third kappa shape index (κ3) is 3.60. The molecule has 2 aliphatic heterocycles. The maximum absolute atomic E-state index is 12.8. The second-order valence-electron chi connectivity index (χ2n) is 7.40. The van der Waals surface area contributed by atoms with Crippen LogP contribution in [0.1, 0.15) is 18.4 Å². The van der Waals surface area contributed by atoms with Crippen molar-refractivity contribution in [1.29, 1.82) is 5.26 Å². The second-order valence-corrected chi connectivity index (χ2v) is 7.40. The van der Waals surface area contributed by atoms with Gasteiger partial charge in [0.2, 0.25) is 0 Å². The first kappa shape index (κ1) is 18.5. The molecule has 2 aliphatic rings. The Hall–Kier alpha value is -2.85. The molecule has 0 bridgehead atoms. The average molecular weight is 379 g/mol. The number of hydrogen-bond acceptors (Lipinski definition) is 5. The van der Waals surface area contributed by atoms with E-state index in [1.807, 2.05) is 47.2 Å². The SMILES string of the molecule is CN(C(=O)N1CCOCC1)C1CCCN(c2nc3ccccc3cc2C#N)C1. The van der Waals surface area contributed by atoms with Crippen LogP contribution in [0.3, 0.4) is 0 Å². The lowest BCUT2D eigenvalue weighted by molar-refractivity contribution is 0.0414. The Balaban J connectivity index is 1.54. The van der Waals surface area contributed by atoms with E-state index in [-0.39, 0.29) is 12.1 Å². The second kappa shape index (κ2) is 8.03. The van der Waals surface area contributed by atoms with Gasteiger partial charge in [-0.1, -0.05) is 18.2 Å². The molecule has 1 unspecified atom stereocenters. The standard InChI is InChI=1S/C21H25N5O2/c1-24(21(27)25-9-11-28-12-10-25)18-6-4-8-26(15-18)20-17(14-22)13-16-5-2-3-7-19(16)23-20/h2-3,5,7,13,18H,4,6,8-12,15H2,1H3. The van der Waals surface area contributed by atoms with Gasteiger partial charge in [0.1, 0.15) is 11.9 Å². The topological polar surface area (TPSA) is 72.7 Å². The van der Waals surface area contributed by atoms with Crippen molar-refractivity contribution in [2.24, 2.45) is 0 Å². The van der Waals surface area contributed by atoms with Crippen LogP contribution in [-0.4, -0.2) is 73.3 Å². The van der Waals surface area contributed by atoms with Gasteiger partial charge in [-0.15, -0.1) is 0 Å². The van der Waals surface area contributed by atoms with E-state index in [1.165, 1.54) is 0 Å². The molecule has 3 heterocycles. The van der Waals surface area contributed by atoms with E-state index >= 15 is 0 Å². The van der Waals surface area contributed by atoms with Crippen molar-refractivity contribution in [2.45, 2.75) is 18.9 Å². The van der Waals surface area contributed by atoms with E-state index < -0.39 is 0 Å². The number of urea groups is 1. The van der Waals surface area contributed by atoms with Crippen molar-refractivity contribution >= 4 is 22.8 Å². The third-order valence-electron chi connectivity index (χ3n) is 5.65. The highest BCUT2D eigenvalue weighted by Crippen LogP contribution is 2.27. The average Bonchev–Trinajstić information content (AvgIpc) is 2.77. The summed E-state index contributed by atoms with van der Waals surface area (Å²) in [5, 5.41) is 10.6. The zero-order valence-electron chi connectivity index (χ0n) is 16.2. The molecular formula is C21H25N5O2. The van der Waals surface area contributed by atoms with E-state index in [0.29, 0.717) is 38.4 Å². The molecule has 146 valence electrons. The van der Waals surface area contributed by atoms with Crippen molar-refractivity contribution < 1.29 is 9.53 Å². The van der Waals surface area contributed by atoms with Gasteiger partial charge in [-0.3, -0.25) is 0 Å². The summed E-state index contributed by atoms with van der Waals surface area (Å²) in [6.07, 6.45) is 1.92. The van der Waals surface area contributed by atoms with Gasteiger partial charge in [-0.25, -0.2) is 9.78 Å². The molecule has 1 aromatic carbocycles. The van der Waals surface area contributed by atoms with Crippen LogP contribution in [0, 0.1) is 11.3 Å². The molecule has 7 nitrogen and oxygen atoms in total. The summed E-state index contributed by atoms with van der Waals surface area (Å²) in [4.78, 5) is 23.5. The molecule has 4 rings (SSSR count). The van der Waals surface area contributed by atoms with Gasteiger partial charge in [-0.05, 0) is 25.0 Å². The summed E-state index contributed by atoms with van der Waals surface area (Å²) in [5.41, 5.74) is 1.47. The smallest absolute Gasteiger partial charge is 0.320 e. The van der Waals surface area contributed by atoms with Crippen LogP contribution < -0.4 is 4.90 Å². The number of carbonyl (C=O) groups excluding carboxylic acids is 1. The summed E-state index contributed by atoms with van der Waals surface area (Å²) < 4.78 is 5.35. The van der Waals surface area contributed by atoms with Crippen LogP contribution in [0.25, 0.3) is 10.9 Å². The number of rotatable bonds is 2. The van der Waals surface area contributed by atoms with E-state index in [0.717, 1.165) is 36.1 Å². The van der Waals surface area contributed by atoms with Crippen molar-refractivity contribution in [3.8, 4) is 6.07 Å². The van der Waals surface area contributed by atoms with Crippen molar-refractivity contribution in [1.82, 2.24) is 14.8 Å². The normalized spacial score (nSPS) is 20.1. The largest absolute Gasteiger partial charge is 0.378 e. The Morgan fingerprint density at radius 1 is 1.29 bits per heavy atom. The van der Waals surface area contributed by atoms with E-state index in [1.54, 1.807) is 0 Å². The number of aromatic nitrogens is 1. The minimum Gasteiger partial charge on any atom is -0.378 e. The molecule has 0 spiro atoms. The Morgan fingerprint density at radius 2 is 2.07 bits per heavy atom. The predicted molar refractivity (Wildman–Crippen MR) is 107 cm³/mol. The zero-order valence-corrected chi connectivity index (χ0v) is 16.2. The van der Waals surface area contributed by atoms with Gasteiger partial charge in [0.05, 0.1) is 30.3 Å². The fourth-order valence-corrected chi connectivity index (χ4v) is 4.03. The molecular weight excluding hydrogens is 354 g/mol. The van der Waals surface area contributed by atoms with Crippen LogP contribution in [0.2, 0.25) is 0 Å². The molecule has 0 radical (unpaired) electrons. The summed E-state index contributed by atoms with van der Waals surface area (Å²) in [5.74, 6) is 0.720. The maximum atomic E-state index is 12.8. The number of amides is 2. The van der Waals surface area contributed by atoms with Gasteiger partial charge < -0.3 is 19.4 Å². The minimum atomic E-state index is 0.0575. The Morgan fingerprint density at radius 3 is 2.86 bits per heavy atom. The number of ether oxygens (including phenoxy) is 1. The molecule has 0 N–H and O–H groups in total. The number of benzene rings is 1. The predicted octanol–water partition coefficient (Wildman–Crippen LogP) is 2.46. The number of fused-ring (bicyclic) bond motifs is 1. The number of nitrogens with zero attached hydrogens (tertiary/aromatic N) is 5. The Labute approximate surface area is 165 Å². The lowest BCUT2D eigenvalue weighted by Crippen LogP contribution is -2.54. The Bertz CT molecular complexity index is 903. The number of morpholine rings is 1. The zero-order chi connectivity index (χ0) is 19.5. The number of piperidine rings is 1. The van der Waals surface area contributed by atoms with Crippen LogP contribution in [0.5, 0.6) is 0 Å². The van der Waals surface area contributed by atoms with Gasteiger partial charge in [0.15, 0.2) is 0 Å². The fraction of sp³-hybridized carbons (Fsp3) is 0.476. The molecule has 2 amide bonds. The number of pyridine rings is 1. The molecule has 0 saturated carbocycles. The first-order chi connectivity index (χ1) is 13.7. The van der Waals surface area contributed by atoms with Crippen LogP contribution in [-0.2, 0) is 4.74 Å². The number of carbonyl (C=O) groups is 1. The first-order valence-corrected chi connectivity index (χ1v) is 9.81. The van der Waals surface area contributed by atoms with E-state index in [2.05, 4.69) is 11.0 Å². The summed E-state index contributed by atoms with van der Waals surface area (Å²) in [6.45, 7) is 4.02. The monoisotopic (exact) mass is 379 g/mol. The summed E-state index contributed by atoms with van der Waals surface area (Å²) >= 11 is 0. The minimum absolute atomic E-state index is 0.0575. The van der Waals surface area contributed by atoms with Crippen LogP contribution in [0.15, 0.2) is 30.3 Å². The van der Waals surface area contributed by atoms with Gasteiger partial charge >= 0.3 is 6.03 Å². The lowest BCUT2D eigenvalue weighted by atomic mass is 10.0. The lowest BCUT2D eigenvalue weighted by Gasteiger charge is -2.40. The first-order valence-electron chi connectivity index (χ1n) is 9.81. The van der Waals surface area contributed by atoms with Gasteiger partial charge in [-0.2, -0.15) is 5.26 Å². The highest BCUT2D eigenvalue weighted by atomic mass is 16.5. The van der Waals surface area contributed by atoms with Crippen molar-refractivity contribution in [3.63, 3.8) is 0 Å². The number of hydrogen-bond donors (Lipinski definition) is 0. The quantitative estimate of drug-likeness (QED) is 0.801. The molecule has 2 aromatic rings. The van der Waals surface area contributed by atoms with Crippen LogP contribution >= 0.6 is 0 Å². The Kier molecular flexibility index (Phi) is 5.31. The number of likely N-dealkylation sites (N-methyl/N-ethyl adjacent to an activating group) is 1. The molecule has 2 fully saturated rings. The highest BCUT2D eigenvalue weighted by Gasteiger charge is 2.30. The number of nitriles is 1. The van der Waals surface area contributed by atoms with E-state index in [9.17, 15) is 10.1 Å². The van der Waals surface area contributed by atoms with Crippen molar-refractivity contribution in [3.05, 3.63) is 35.9 Å². The molecule has 2 saturated heterocycles. The molecule has 1 aromatic heterocycles. The molecule has 0 aliphatic carbocycles. The van der Waals surface area contributed by atoms with Crippen molar-refractivity contribution in [2.75, 3.05) is 51.3 Å². The maximum Gasteiger partial charge on any atom is 0.320 e. The molecule has 28 heavy (non-hydrogen) atoms. The van der Waals surface area contributed by atoms with E-state index in [4.69, 9.17) is 9.72 Å². The number of anilines is 1. The highest BCUT2D eigenvalue weighted by molar-refractivity contribution is 5.83. The third-order valence-corrected chi connectivity index (χ3v) is 5.65. The van der Waals surface area contributed by atoms with Gasteiger partial charge in [0, 0.05) is 38.6 Å². The van der Waals surface area contributed by atoms with Crippen LogP contribution in [0.4, 0.5) is 10.6 Å². The summed E-state index contributed by atoms with van der Waals surface area (Å²) in [6, 6.07) is 12.2. The molecule has 1 atom stereocenters.